The lowest BCUT2D eigenvalue weighted by Crippen LogP contribution is -2.07. The number of halogens is 1. The highest BCUT2D eigenvalue weighted by Crippen LogP contribution is 2.34. The van der Waals surface area contributed by atoms with Crippen LogP contribution < -0.4 is 10.1 Å². The molecule has 3 nitrogen and oxygen atoms in total. The first-order chi connectivity index (χ1) is 12.2. The summed E-state index contributed by atoms with van der Waals surface area (Å²) in [5, 5.41) is 2.51. The van der Waals surface area contributed by atoms with Crippen molar-refractivity contribution in [3.8, 4) is 11.5 Å². The first kappa shape index (κ1) is 17.2. The van der Waals surface area contributed by atoms with Crippen molar-refractivity contribution in [3.05, 3.63) is 66.5 Å². The summed E-state index contributed by atoms with van der Waals surface area (Å²) in [6.07, 6.45) is 7.54. The molecule has 0 aliphatic heterocycles. The van der Waals surface area contributed by atoms with E-state index in [1.54, 1.807) is 6.07 Å². The summed E-state index contributed by atoms with van der Waals surface area (Å²) in [7, 11) is 0. The van der Waals surface area contributed by atoms with Crippen molar-refractivity contribution >= 4 is 11.6 Å². The molecule has 0 saturated heterocycles. The molecule has 0 heterocycles. The Kier molecular flexibility index (Phi) is 5.49. The SMILES string of the molecule is C=CC(=O)Nc1ccc(Oc2ccc(C3CCCCC3)cc2)c(F)c1. The highest BCUT2D eigenvalue weighted by atomic mass is 19.1. The number of carbonyl (C=O) groups excluding carboxylic acids is 1. The van der Waals surface area contributed by atoms with Crippen molar-refractivity contribution in [1.29, 1.82) is 0 Å². The molecule has 4 heteroatoms. The van der Waals surface area contributed by atoms with Gasteiger partial charge in [-0.3, -0.25) is 4.79 Å². The maximum atomic E-state index is 14.2. The average molecular weight is 339 g/mol. The van der Waals surface area contributed by atoms with Crippen LogP contribution in [0.4, 0.5) is 10.1 Å². The highest BCUT2D eigenvalue weighted by molar-refractivity contribution is 5.98. The zero-order chi connectivity index (χ0) is 17.6. The molecule has 0 radical (unpaired) electrons. The Morgan fingerprint density at radius 3 is 2.48 bits per heavy atom. The molecule has 0 atom stereocenters. The van der Waals surface area contributed by atoms with Gasteiger partial charge in [0.15, 0.2) is 11.6 Å². The molecule has 2 aromatic carbocycles. The molecular weight excluding hydrogens is 317 g/mol. The molecule has 25 heavy (non-hydrogen) atoms. The maximum Gasteiger partial charge on any atom is 0.247 e. The van der Waals surface area contributed by atoms with Gasteiger partial charge in [-0.25, -0.2) is 4.39 Å². The molecule has 0 bridgehead atoms. The highest BCUT2D eigenvalue weighted by Gasteiger charge is 2.15. The molecule has 3 rings (SSSR count). The minimum absolute atomic E-state index is 0.127. The molecule has 1 aliphatic rings. The second kappa shape index (κ2) is 7.97. The quantitative estimate of drug-likeness (QED) is 0.700. The van der Waals surface area contributed by atoms with E-state index in [-0.39, 0.29) is 11.7 Å². The molecule has 1 aliphatic carbocycles. The summed E-state index contributed by atoms with van der Waals surface area (Å²) in [6.45, 7) is 3.36. The number of amides is 1. The van der Waals surface area contributed by atoms with E-state index in [9.17, 15) is 9.18 Å². The van der Waals surface area contributed by atoms with Gasteiger partial charge in [0, 0.05) is 11.8 Å². The number of hydrogen-bond donors (Lipinski definition) is 1. The van der Waals surface area contributed by atoms with Gasteiger partial charge < -0.3 is 10.1 Å². The lowest BCUT2D eigenvalue weighted by Gasteiger charge is -2.22. The summed E-state index contributed by atoms with van der Waals surface area (Å²) < 4.78 is 19.8. The fraction of sp³-hybridized carbons (Fsp3) is 0.286. The van der Waals surface area contributed by atoms with Crippen molar-refractivity contribution in [2.45, 2.75) is 38.0 Å². The van der Waals surface area contributed by atoms with E-state index in [4.69, 9.17) is 4.74 Å². The van der Waals surface area contributed by atoms with E-state index < -0.39 is 5.82 Å². The Labute approximate surface area is 147 Å². The van der Waals surface area contributed by atoms with Gasteiger partial charge in [0.25, 0.3) is 0 Å². The predicted molar refractivity (Wildman–Crippen MR) is 97.6 cm³/mol. The Bertz CT molecular complexity index is 749. The lowest BCUT2D eigenvalue weighted by atomic mass is 9.84. The fourth-order valence-corrected chi connectivity index (χ4v) is 3.23. The van der Waals surface area contributed by atoms with Crippen molar-refractivity contribution in [1.82, 2.24) is 0 Å². The Balaban J connectivity index is 1.67. The molecule has 1 saturated carbocycles. The second-order valence-electron chi connectivity index (χ2n) is 6.34. The lowest BCUT2D eigenvalue weighted by molar-refractivity contribution is -0.111. The van der Waals surface area contributed by atoms with Crippen molar-refractivity contribution in [2.24, 2.45) is 0 Å². The van der Waals surface area contributed by atoms with Crippen LogP contribution in [0.15, 0.2) is 55.1 Å². The van der Waals surface area contributed by atoms with Crippen molar-refractivity contribution in [3.63, 3.8) is 0 Å². The number of benzene rings is 2. The third-order valence-electron chi connectivity index (χ3n) is 4.57. The Morgan fingerprint density at radius 1 is 1.12 bits per heavy atom. The minimum atomic E-state index is -0.529. The number of hydrogen-bond acceptors (Lipinski definition) is 2. The molecule has 0 unspecified atom stereocenters. The largest absolute Gasteiger partial charge is 0.454 e. The summed E-state index contributed by atoms with van der Waals surface area (Å²) in [5.41, 5.74) is 1.69. The molecule has 1 fully saturated rings. The second-order valence-corrected chi connectivity index (χ2v) is 6.34. The first-order valence-electron chi connectivity index (χ1n) is 8.66. The molecule has 0 aromatic heterocycles. The van der Waals surface area contributed by atoms with Gasteiger partial charge >= 0.3 is 0 Å². The summed E-state index contributed by atoms with van der Waals surface area (Å²) >= 11 is 0. The number of anilines is 1. The van der Waals surface area contributed by atoms with Crippen LogP contribution in [0.2, 0.25) is 0 Å². The van der Waals surface area contributed by atoms with E-state index in [0.29, 0.717) is 17.4 Å². The van der Waals surface area contributed by atoms with Crippen LogP contribution in [-0.2, 0) is 4.79 Å². The normalized spacial score (nSPS) is 14.8. The van der Waals surface area contributed by atoms with Gasteiger partial charge in [0.05, 0.1) is 0 Å². The summed E-state index contributed by atoms with van der Waals surface area (Å²) in [5.74, 6) is 0.445. The zero-order valence-electron chi connectivity index (χ0n) is 14.1. The van der Waals surface area contributed by atoms with Crippen LogP contribution in [0.3, 0.4) is 0 Å². The van der Waals surface area contributed by atoms with E-state index >= 15 is 0 Å². The first-order valence-corrected chi connectivity index (χ1v) is 8.66. The van der Waals surface area contributed by atoms with Crippen LogP contribution in [0.1, 0.15) is 43.6 Å². The van der Waals surface area contributed by atoms with Crippen molar-refractivity contribution < 1.29 is 13.9 Å². The van der Waals surface area contributed by atoms with Crippen LogP contribution >= 0.6 is 0 Å². The third-order valence-corrected chi connectivity index (χ3v) is 4.57. The molecule has 0 spiro atoms. The third kappa shape index (κ3) is 4.47. The number of rotatable bonds is 5. The molecule has 1 N–H and O–H groups in total. The fourth-order valence-electron chi connectivity index (χ4n) is 3.23. The van der Waals surface area contributed by atoms with Crippen LogP contribution in [0, 0.1) is 5.82 Å². The molecular formula is C21H22FNO2. The summed E-state index contributed by atoms with van der Waals surface area (Å²) in [4.78, 5) is 11.2. The molecule has 1 amide bonds. The van der Waals surface area contributed by atoms with Gasteiger partial charge in [-0.05, 0) is 54.7 Å². The number of carbonyl (C=O) groups is 1. The van der Waals surface area contributed by atoms with Crippen LogP contribution in [0.25, 0.3) is 0 Å². The number of nitrogens with one attached hydrogen (secondary N) is 1. The standard InChI is InChI=1S/C21H22FNO2/c1-2-21(24)23-17-10-13-20(19(22)14-17)25-18-11-8-16(9-12-18)15-6-4-3-5-7-15/h2,8-15H,1,3-7H2,(H,23,24). The topological polar surface area (TPSA) is 38.3 Å². The van der Waals surface area contributed by atoms with E-state index in [0.717, 1.165) is 6.08 Å². The van der Waals surface area contributed by atoms with Crippen molar-refractivity contribution in [2.75, 3.05) is 5.32 Å². The van der Waals surface area contributed by atoms with Gasteiger partial charge in [-0.2, -0.15) is 0 Å². The number of ether oxygens (including phenoxy) is 1. The summed E-state index contributed by atoms with van der Waals surface area (Å²) in [6, 6.07) is 12.2. The van der Waals surface area contributed by atoms with Gasteiger partial charge in [0.2, 0.25) is 5.91 Å². The smallest absolute Gasteiger partial charge is 0.247 e. The maximum absolute atomic E-state index is 14.2. The monoisotopic (exact) mass is 339 g/mol. The molecule has 130 valence electrons. The van der Waals surface area contributed by atoms with E-state index in [1.165, 1.54) is 49.8 Å². The van der Waals surface area contributed by atoms with Gasteiger partial charge in [0.1, 0.15) is 5.75 Å². The van der Waals surface area contributed by atoms with Crippen LogP contribution in [-0.4, -0.2) is 5.91 Å². The average Bonchev–Trinajstić information content (AvgIpc) is 2.65. The Morgan fingerprint density at radius 2 is 1.84 bits per heavy atom. The predicted octanol–water partition coefficient (Wildman–Crippen LogP) is 5.79. The van der Waals surface area contributed by atoms with Crippen LogP contribution in [0.5, 0.6) is 11.5 Å². The van der Waals surface area contributed by atoms with E-state index in [2.05, 4.69) is 24.0 Å². The van der Waals surface area contributed by atoms with Gasteiger partial charge in [-0.15, -0.1) is 0 Å². The van der Waals surface area contributed by atoms with Gasteiger partial charge in [-0.1, -0.05) is 38.0 Å². The van der Waals surface area contributed by atoms with E-state index in [1.807, 2.05) is 12.1 Å². The zero-order valence-corrected chi connectivity index (χ0v) is 14.1. The Hall–Kier alpha value is -2.62. The molecule has 2 aromatic rings. The minimum Gasteiger partial charge on any atom is -0.454 e.